The third-order valence-electron chi connectivity index (χ3n) is 1.57. The number of nitrogens with one attached hydrogen (secondary N) is 1. The van der Waals surface area contributed by atoms with Crippen LogP contribution in [0.4, 0.5) is 0 Å². The van der Waals surface area contributed by atoms with Crippen LogP contribution >= 0.6 is 11.5 Å². The Kier molecular flexibility index (Phi) is 3.82. The summed E-state index contributed by atoms with van der Waals surface area (Å²) in [5, 5.41) is 8.82. The third kappa shape index (κ3) is 3.29. The Morgan fingerprint density at radius 1 is 1.57 bits per heavy atom. The number of hydrogen-bond donors (Lipinski definition) is 2. The molecule has 78 valence electrons. The Labute approximate surface area is 87.6 Å². The number of nitrogens with zero attached hydrogens (tertiary/aromatic N) is 3. The number of guanidine groups is 1. The molecule has 3 N–H and O–H groups in total. The topological polar surface area (TPSA) is 76.2 Å². The first-order valence-electron chi connectivity index (χ1n) is 4.46. The lowest BCUT2D eigenvalue weighted by Gasteiger charge is -2.10. The Morgan fingerprint density at radius 3 is 2.79 bits per heavy atom. The van der Waals surface area contributed by atoms with Crippen molar-refractivity contribution >= 4 is 17.5 Å². The van der Waals surface area contributed by atoms with Gasteiger partial charge in [0.1, 0.15) is 0 Å². The van der Waals surface area contributed by atoms with Crippen molar-refractivity contribution in [2.75, 3.05) is 0 Å². The van der Waals surface area contributed by atoms with Crippen molar-refractivity contribution in [1.29, 1.82) is 0 Å². The molecule has 1 rings (SSSR count). The van der Waals surface area contributed by atoms with Crippen molar-refractivity contribution in [3.8, 4) is 0 Å². The molecule has 0 bridgehead atoms. The van der Waals surface area contributed by atoms with E-state index < -0.39 is 0 Å². The van der Waals surface area contributed by atoms with E-state index in [1.807, 2.05) is 26.2 Å². The van der Waals surface area contributed by atoms with Gasteiger partial charge >= 0.3 is 0 Å². The second kappa shape index (κ2) is 4.90. The maximum Gasteiger partial charge on any atom is 0.189 e. The second-order valence-electron chi connectivity index (χ2n) is 3.32. The van der Waals surface area contributed by atoms with Crippen LogP contribution in [0.3, 0.4) is 0 Å². The summed E-state index contributed by atoms with van der Waals surface area (Å²) in [6.07, 6.45) is 0. The zero-order chi connectivity index (χ0) is 10.6. The quantitative estimate of drug-likeness (QED) is 0.578. The van der Waals surface area contributed by atoms with Gasteiger partial charge in [-0.2, -0.15) is 0 Å². The smallest absolute Gasteiger partial charge is 0.189 e. The van der Waals surface area contributed by atoms with Crippen LogP contribution in [0, 0.1) is 0 Å². The van der Waals surface area contributed by atoms with Crippen molar-refractivity contribution in [3.63, 3.8) is 0 Å². The van der Waals surface area contributed by atoms with Crippen molar-refractivity contribution in [2.45, 2.75) is 32.9 Å². The number of aliphatic imine (C=N–C) groups is 1. The van der Waals surface area contributed by atoms with Gasteiger partial charge in [0, 0.05) is 11.4 Å². The summed E-state index contributed by atoms with van der Waals surface area (Å²) in [6, 6.07) is 0.250. The molecule has 0 aliphatic rings. The molecule has 1 aromatic rings. The highest BCUT2D eigenvalue weighted by molar-refractivity contribution is 7.03. The zero-order valence-corrected chi connectivity index (χ0v) is 9.38. The van der Waals surface area contributed by atoms with Gasteiger partial charge in [-0.1, -0.05) is 4.49 Å². The summed E-state index contributed by atoms with van der Waals surface area (Å²) in [7, 11) is 0. The van der Waals surface area contributed by atoms with E-state index >= 15 is 0 Å². The molecule has 0 spiro atoms. The van der Waals surface area contributed by atoms with E-state index in [4.69, 9.17) is 5.73 Å². The molecule has 1 aromatic heterocycles. The van der Waals surface area contributed by atoms with Crippen LogP contribution < -0.4 is 11.1 Å². The van der Waals surface area contributed by atoms with Gasteiger partial charge in [-0.3, -0.25) is 0 Å². The van der Waals surface area contributed by atoms with E-state index in [0.717, 1.165) is 5.69 Å². The summed E-state index contributed by atoms with van der Waals surface area (Å²) < 4.78 is 3.77. The molecule has 1 unspecified atom stereocenters. The van der Waals surface area contributed by atoms with Crippen LogP contribution in [-0.4, -0.2) is 21.6 Å². The summed E-state index contributed by atoms with van der Waals surface area (Å²) in [5.74, 6) is 0.445. The summed E-state index contributed by atoms with van der Waals surface area (Å²) >= 11 is 1.32. The first kappa shape index (κ1) is 10.9. The van der Waals surface area contributed by atoms with Gasteiger partial charge in [-0.15, -0.1) is 5.10 Å². The lowest BCUT2D eigenvalue weighted by Crippen LogP contribution is -2.36. The lowest BCUT2D eigenvalue weighted by atomic mass is 10.3. The molecule has 0 radical (unpaired) electrons. The molecular formula is C8H15N5S. The molecule has 14 heavy (non-hydrogen) atoms. The SMILES string of the molecule is CC(C)NC(N)=NC(C)c1csnn1. The summed E-state index contributed by atoms with van der Waals surface area (Å²) in [5.41, 5.74) is 6.53. The average Bonchev–Trinajstić information content (AvgIpc) is 2.53. The predicted molar refractivity (Wildman–Crippen MR) is 58.2 cm³/mol. The lowest BCUT2D eigenvalue weighted by molar-refractivity contribution is 0.704. The van der Waals surface area contributed by atoms with Crippen LogP contribution in [0.1, 0.15) is 32.5 Å². The van der Waals surface area contributed by atoms with Gasteiger partial charge in [0.05, 0.1) is 11.7 Å². The van der Waals surface area contributed by atoms with Gasteiger partial charge in [0.15, 0.2) is 5.96 Å². The second-order valence-corrected chi connectivity index (χ2v) is 3.93. The third-order valence-corrected chi connectivity index (χ3v) is 2.10. The molecule has 0 saturated heterocycles. The van der Waals surface area contributed by atoms with Crippen LogP contribution in [0.25, 0.3) is 0 Å². The van der Waals surface area contributed by atoms with Crippen LogP contribution in [0.2, 0.25) is 0 Å². The molecule has 1 atom stereocenters. The monoisotopic (exact) mass is 213 g/mol. The van der Waals surface area contributed by atoms with Crippen molar-refractivity contribution in [2.24, 2.45) is 10.7 Å². The van der Waals surface area contributed by atoms with Crippen LogP contribution in [0.5, 0.6) is 0 Å². The van der Waals surface area contributed by atoms with E-state index in [1.165, 1.54) is 11.5 Å². The molecular weight excluding hydrogens is 198 g/mol. The molecule has 0 aromatic carbocycles. The zero-order valence-electron chi connectivity index (χ0n) is 8.56. The highest BCUT2D eigenvalue weighted by Gasteiger charge is 2.07. The van der Waals surface area contributed by atoms with Crippen molar-refractivity contribution in [1.82, 2.24) is 14.9 Å². The van der Waals surface area contributed by atoms with Crippen LogP contribution in [-0.2, 0) is 0 Å². The molecule has 0 aliphatic heterocycles. The molecule has 0 amide bonds. The highest BCUT2D eigenvalue weighted by atomic mass is 32.1. The number of hydrogen-bond acceptors (Lipinski definition) is 4. The molecule has 5 nitrogen and oxygen atoms in total. The fourth-order valence-electron chi connectivity index (χ4n) is 0.962. The maximum absolute atomic E-state index is 5.68. The molecule has 0 fully saturated rings. The van der Waals surface area contributed by atoms with Gasteiger partial charge in [0.2, 0.25) is 0 Å². The van der Waals surface area contributed by atoms with E-state index in [9.17, 15) is 0 Å². The fraction of sp³-hybridized carbons (Fsp3) is 0.625. The largest absolute Gasteiger partial charge is 0.370 e. The van der Waals surface area contributed by atoms with Gasteiger partial charge in [-0.25, -0.2) is 4.99 Å². The minimum absolute atomic E-state index is 0.0417. The first-order valence-corrected chi connectivity index (χ1v) is 5.30. The minimum atomic E-state index is -0.0417. The molecule has 0 aliphatic carbocycles. The van der Waals surface area contributed by atoms with E-state index in [2.05, 4.69) is 19.9 Å². The fourth-order valence-corrected chi connectivity index (χ4v) is 1.50. The van der Waals surface area contributed by atoms with Gasteiger partial charge < -0.3 is 11.1 Å². The summed E-state index contributed by atoms with van der Waals surface area (Å²) in [4.78, 5) is 4.25. The van der Waals surface area contributed by atoms with E-state index in [-0.39, 0.29) is 6.04 Å². The molecule has 0 saturated carbocycles. The van der Waals surface area contributed by atoms with Crippen LogP contribution in [0.15, 0.2) is 10.4 Å². The average molecular weight is 213 g/mol. The summed E-state index contributed by atoms with van der Waals surface area (Å²) in [6.45, 7) is 5.96. The standard InChI is InChI=1S/C8H15N5S/c1-5(2)10-8(9)11-6(3)7-4-14-13-12-7/h4-6H,1-3H3,(H3,9,10,11). The van der Waals surface area contributed by atoms with Gasteiger partial charge in [0.25, 0.3) is 0 Å². The van der Waals surface area contributed by atoms with Gasteiger partial charge in [-0.05, 0) is 32.3 Å². The number of rotatable bonds is 3. The number of nitrogens with two attached hydrogens (primary N) is 1. The first-order chi connectivity index (χ1) is 6.59. The van der Waals surface area contributed by atoms with E-state index in [1.54, 1.807) is 0 Å². The normalized spacial score (nSPS) is 14.4. The molecule has 1 heterocycles. The maximum atomic E-state index is 5.68. The van der Waals surface area contributed by atoms with E-state index in [0.29, 0.717) is 12.0 Å². The highest BCUT2D eigenvalue weighted by Crippen LogP contribution is 2.13. The van der Waals surface area contributed by atoms with Crippen molar-refractivity contribution in [3.05, 3.63) is 11.1 Å². The Hall–Kier alpha value is -1.17. The van der Waals surface area contributed by atoms with Crippen molar-refractivity contribution < 1.29 is 0 Å². The Bertz CT molecular complexity index is 293. The Morgan fingerprint density at radius 2 is 2.29 bits per heavy atom. The molecule has 6 heteroatoms. The Balaban J connectivity index is 2.58. The predicted octanol–water partition coefficient (Wildman–Crippen LogP) is 0.912. The minimum Gasteiger partial charge on any atom is -0.370 e. The number of aromatic nitrogens is 2.